The molecule has 1 aromatic rings. The second kappa shape index (κ2) is 5.87. The van der Waals surface area contributed by atoms with Crippen LogP contribution in [0.1, 0.15) is 26.2 Å². The van der Waals surface area contributed by atoms with Crippen LogP contribution in [0, 0.1) is 0 Å². The molecule has 18 heavy (non-hydrogen) atoms. The van der Waals surface area contributed by atoms with Gasteiger partial charge in [0.15, 0.2) is 0 Å². The summed E-state index contributed by atoms with van der Waals surface area (Å²) < 4.78 is 5.53. The lowest BCUT2D eigenvalue weighted by atomic mass is 10.1. The van der Waals surface area contributed by atoms with Gasteiger partial charge < -0.3 is 15.4 Å². The molecule has 1 amide bonds. The maximum atomic E-state index is 12.2. The van der Waals surface area contributed by atoms with Gasteiger partial charge in [-0.25, -0.2) is 0 Å². The van der Waals surface area contributed by atoms with Gasteiger partial charge in [0.1, 0.15) is 12.4 Å². The molecule has 1 heterocycles. The minimum absolute atomic E-state index is 0.159. The number of nitrogens with two attached hydrogens (primary N) is 1. The topological polar surface area (TPSA) is 55.6 Å². The number of hydrogen-bond donors (Lipinski definition) is 1. The Morgan fingerprint density at radius 1 is 1.50 bits per heavy atom. The molecule has 1 unspecified atom stereocenters. The van der Waals surface area contributed by atoms with E-state index in [1.54, 1.807) is 0 Å². The number of carbonyl (C=O) groups excluding carboxylic acids is 1. The van der Waals surface area contributed by atoms with Crippen molar-refractivity contribution in [3.8, 4) is 5.75 Å². The van der Waals surface area contributed by atoms with Gasteiger partial charge in [-0.15, -0.1) is 0 Å². The monoisotopic (exact) mass is 248 g/mol. The normalized spacial score (nSPS) is 15.8. The maximum Gasteiger partial charge on any atom is 0.227 e. The molecule has 0 aliphatic carbocycles. The number of ether oxygens (including phenoxy) is 1. The van der Waals surface area contributed by atoms with E-state index < -0.39 is 0 Å². The summed E-state index contributed by atoms with van der Waals surface area (Å²) in [6, 6.07) is 7.84. The second-order valence-corrected chi connectivity index (χ2v) is 4.73. The van der Waals surface area contributed by atoms with Crippen LogP contribution in [0.15, 0.2) is 24.3 Å². The molecule has 0 saturated heterocycles. The van der Waals surface area contributed by atoms with E-state index in [1.165, 1.54) is 0 Å². The highest BCUT2D eigenvalue weighted by atomic mass is 16.5. The van der Waals surface area contributed by atoms with Crippen LogP contribution in [0.3, 0.4) is 0 Å². The number of carbonyl (C=O) groups is 1. The summed E-state index contributed by atoms with van der Waals surface area (Å²) in [5, 5.41) is 0. The molecule has 0 radical (unpaired) electrons. The Labute approximate surface area is 108 Å². The number of para-hydroxylation sites is 2. The molecule has 2 rings (SSSR count). The fourth-order valence-corrected chi connectivity index (χ4v) is 2.14. The minimum atomic E-state index is 0.159. The highest BCUT2D eigenvalue weighted by molar-refractivity contribution is 5.95. The van der Waals surface area contributed by atoms with Gasteiger partial charge in [0, 0.05) is 12.5 Å². The number of fused-ring (bicyclic) bond motifs is 1. The summed E-state index contributed by atoms with van der Waals surface area (Å²) in [5.74, 6) is 0.954. The van der Waals surface area contributed by atoms with E-state index in [4.69, 9.17) is 10.5 Å². The van der Waals surface area contributed by atoms with E-state index in [9.17, 15) is 4.79 Å². The molecule has 0 fully saturated rings. The Morgan fingerprint density at radius 2 is 2.28 bits per heavy atom. The third-order valence-electron chi connectivity index (χ3n) is 3.08. The average Bonchev–Trinajstić information content (AvgIpc) is 2.37. The summed E-state index contributed by atoms with van der Waals surface area (Å²) in [6.07, 6.45) is 2.28. The predicted molar refractivity (Wildman–Crippen MR) is 71.8 cm³/mol. The van der Waals surface area contributed by atoms with Crippen molar-refractivity contribution in [1.29, 1.82) is 0 Å². The number of hydrogen-bond acceptors (Lipinski definition) is 3. The van der Waals surface area contributed by atoms with Crippen LogP contribution >= 0.6 is 0 Å². The molecular formula is C14H20N2O2. The van der Waals surface area contributed by atoms with Crippen molar-refractivity contribution in [3.05, 3.63) is 24.3 Å². The lowest BCUT2D eigenvalue weighted by Crippen LogP contribution is -2.37. The van der Waals surface area contributed by atoms with Gasteiger partial charge >= 0.3 is 0 Å². The van der Waals surface area contributed by atoms with Crippen LogP contribution in [0.5, 0.6) is 5.75 Å². The van der Waals surface area contributed by atoms with Crippen molar-refractivity contribution >= 4 is 11.6 Å². The first-order valence-corrected chi connectivity index (χ1v) is 6.46. The molecule has 98 valence electrons. The molecule has 4 heteroatoms. The third-order valence-corrected chi connectivity index (χ3v) is 3.08. The van der Waals surface area contributed by atoms with Crippen LogP contribution in [-0.4, -0.2) is 25.1 Å². The van der Waals surface area contributed by atoms with E-state index in [2.05, 4.69) is 0 Å². The quantitative estimate of drug-likeness (QED) is 0.885. The molecule has 1 atom stereocenters. The molecule has 1 aliphatic heterocycles. The largest absolute Gasteiger partial charge is 0.490 e. The standard InChI is InChI=1S/C14H20N2O2/c1-11(15)5-4-8-14(17)16-9-10-18-13-7-3-2-6-12(13)16/h2-3,6-7,11H,4-5,8-10,15H2,1H3. The summed E-state index contributed by atoms with van der Waals surface area (Å²) in [7, 11) is 0. The Bertz CT molecular complexity index is 418. The first-order valence-electron chi connectivity index (χ1n) is 6.46. The predicted octanol–water partition coefficient (Wildman–Crippen LogP) is 1.93. The average molecular weight is 248 g/mol. The first-order chi connectivity index (χ1) is 8.68. The van der Waals surface area contributed by atoms with Crippen LogP contribution in [0.2, 0.25) is 0 Å². The van der Waals surface area contributed by atoms with Gasteiger partial charge in [-0.05, 0) is 31.9 Å². The zero-order valence-corrected chi connectivity index (χ0v) is 10.8. The second-order valence-electron chi connectivity index (χ2n) is 4.73. The van der Waals surface area contributed by atoms with Gasteiger partial charge in [-0.2, -0.15) is 0 Å². The molecule has 0 bridgehead atoms. The number of rotatable bonds is 4. The van der Waals surface area contributed by atoms with E-state index in [0.717, 1.165) is 24.3 Å². The Balaban J connectivity index is 1.99. The smallest absolute Gasteiger partial charge is 0.227 e. The van der Waals surface area contributed by atoms with Crippen molar-refractivity contribution in [1.82, 2.24) is 0 Å². The maximum absolute atomic E-state index is 12.2. The summed E-state index contributed by atoms with van der Waals surface area (Å²) in [6.45, 7) is 3.17. The minimum Gasteiger partial charge on any atom is -0.490 e. The summed E-state index contributed by atoms with van der Waals surface area (Å²) >= 11 is 0. The van der Waals surface area contributed by atoms with Crippen molar-refractivity contribution in [3.63, 3.8) is 0 Å². The molecule has 0 aromatic heterocycles. The first kappa shape index (κ1) is 12.9. The summed E-state index contributed by atoms with van der Waals surface area (Å²) in [5.41, 5.74) is 6.57. The Hall–Kier alpha value is -1.55. The lowest BCUT2D eigenvalue weighted by Gasteiger charge is -2.29. The zero-order valence-electron chi connectivity index (χ0n) is 10.8. The van der Waals surface area contributed by atoms with Crippen LogP contribution in [0.25, 0.3) is 0 Å². The third kappa shape index (κ3) is 3.01. The lowest BCUT2D eigenvalue weighted by molar-refractivity contribution is -0.119. The van der Waals surface area contributed by atoms with E-state index >= 15 is 0 Å². The van der Waals surface area contributed by atoms with Gasteiger partial charge in [0.25, 0.3) is 0 Å². The molecule has 4 nitrogen and oxygen atoms in total. The van der Waals surface area contributed by atoms with Crippen molar-refractivity contribution in [2.75, 3.05) is 18.1 Å². The van der Waals surface area contributed by atoms with Gasteiger partial charge in [-0.1, -0.05) is 12.1 Å². The molecule has 1 aromatic carbocycles. The Morgan fingerprint density at radius 3 is 3.06 bits per heavy atom. The highest BCUT2D eigenvalue weighted by Crippen LogP contribution is 2.31. The van der Waals surface area contributed by atoms with Crippen molar-refractivity contribution in [2.24, 2.45) is 5.73 Å². The summed E-state index contributed by atoms with van der Waals surface area (Å²) in [4.78, 5) is 14.0. The zero-order chi connectivity index (χ0) is 13.0. The SMILES string of the molecule is CC(N)CCCC(=O)N1CCOc2ccccc21. The van der Waals surface area contributed by atoms with E-state index in [-0.39, 0.29) is 11.9 Å². The fraction of sp³-hybridized carbons (Fsp3) is 0.500. The van der Waals surface area contributed by atoms with E-state index in [0.29, 0.717) is 19.6 Å². The van der Waals surface area contributed by atoms with Gasteiger partial charge in [-0.3, -0.25) is 4.79 Å². The van der Waals surface area contributed by atoms with Crippen LogP contribution in [0.4, 0.5) is 5.69 Å². The van der Waals surface area contributed by atoms with Crippen molar-refractivity contribution < 1.29 is 9.53 Å². The molecule has 0 spiro atoms. The number of amides is 1. The van der Waals surface area contributed by atoms with Crippen LogP contribution in [-0.2, 0) is 4.79 Å². The van der Waals surface area contributed by atoms with Gasteiger partial charge in [0.05, 0.1) is 12.2 Å². The fourth-order valence-electron chi connectivity index (χ4n) is 2.14. The van der Waals surface area contributed by atoms with Gasteiger partial charge in [0.2, 0.25) is 5.91 Å². The van der Waals surface area contributed by atoms with Crippen LogP contribution < -0.4 is 15.4 Å². The molecular weight excluding hydrogens is 228 g/mol. The number of nitrogens with zero attached hydrogens (tertiary/aromatic N) is 1. The molecule has 1 aliphatic rings. The molecule has 0 saturated carbocycles. The van der Waals surface area contributed by atoms with Crippen molar-refractivity contribution in [2.45, 2.75) is 32.2 Å². The number of benzene rings is 1. The number of anilines is 1. The highest BCUT2D eigenvalue weighted by Gasteiger charge is 2.22. The van der Waals surface area contributed by atoms with E-state index in [1.807, 2.05) is 36.1 Å². The Kier molecular flexibility index (Phi) is 4.20. The molecule has 2 N–H and O–H groups in total.